The molecule has 0 aliphatic rings. The normalized spacial score (nSPS) is 12.4. The summed E-state index contributed by atoms with van der Waals surface area (Å²) >= 11 is 0. The summed E-state index contributed by atoms with van der Waals surface area (Å²) in [6.07, 6.45) is 0. The van der Waals surface area contributed by atoms with Crippen molar-refractivity contribution in [2.45, 2.75) is 105 Å². The number of phenols is 4. The molecule has 0 amide bonds. The van der Waals surface area contributed by atoms with Gasteiger partial charge in [-0.1, -0.05) is 180 Å². The van der Waals surface area contributed by atoms with Crippen molar-refractivity contribution >= 4 is 0 Å². The fourth-order valence-electron chi connectivity index (χ4n) is 9.28. The van der Waals surface area contributed by atoms with Crippen LogP contribution >= 0.6 is 0 Å². The average molecular weight is 899 g/mol. The lowest BCUT2D eigenvalue weighted by Gasteiger charge is -2.27. The second-order valence-corrected chi connectivity index (χ2v) is 22.6. The molecule has 0 bridgehead atoms. The Bertz CT molecular complexity index is 2950. The van der Waals surface area contributed by atoms with E-state index < -0.39 is 0 Å². The summed E-state index contributed by atoms with van der Waals surface area (Å²) in [6, 6.07) is 52.6. The first-order valence-corrected chi connectivity index (χ1v) is 23.7. The minimum Gasteiger partial charge on any atom is -0.507 e. The predicted molar refractivity (Wildman–Crippen MR) is 286 cm³/mol. The van der Waals surface area contributed by atoms with Gasteiger partial charge >= 0.3 is 0 Å². The molecule has 346 valence electrons. The third kappa shape index (κ3) is 9.43. The second-order valence-electron chi connectivity index (χ2n) is 22.6. The van der Waals surface area contributed by atoms with Gasteiger partial charge in [-0.25, -0.2) is 0 Å². The van der Waals surface area contributed by atoms with Crippen molar-refractivity contribution in [3.05, 3.63) is 180 Å². The molecule has 4 N–H and O–H groups in total. The first-order valence-electron chi connectivity index (χ1n) is 23.7. The molecule has 0 saturated carbocycles. The Balaban J connectivity index is 1.25. The number of hydrogen-bond donors (Lipinski definition) is 4. The van der Waals surface area contributed by atoms with Crippen LogP contribution in [0.3, 0.4) is 0 Å². The van der Waals surface area contributed by atoms with Gasteiger partial charge in [0.05, 0.1) is 0 Å². The van der Waals surface area contributed by atoms with Gasteiger partial charge in [0.25, 0.3) is 0 Å². The van der Waals surface area contributed by atoms with Crippen LogP contribution in [0.15, 0.2) is 158 Å². The van der Waals surface area contributed by atoms with Crippen LogP contribution in [0.25, 0.3) is 77.9 Å². The molecule has 4 heteroatoms. The smallest absolute Gasteiger partial charge is 0.131 e. The van der Waals surface area contributed by atoms with Gasteiger partial charge < -0.3 is 20.4 Å². The molecule has 0 unspecified atom stereocenters. The summed E-state index contributed by atoms with van der Waals surface area (Å²) in [6.45, 7) is 26.0. The van der Waals surface area contributed by atoms with Crippen molar-refractivity contribution in [3.63, 3.8) is 0 Å². The highest BCUT2D eigenvalue weighted by Crippen LogP contribution is 2.50. The third-order valence-corrected chi connectivity index (χ3v) is 13.3. The van der Waals surface area contributed by atoms with Crippen molar-refractivity contribution in [3.8, 4) is 101 Å². The molecule has 0 aromatic heterocycles. The van der Waals surface area contributed by atoms with Crippen molar-refractivity contribution < 1.29 is 20.4 Å². The highest BCUT2D eigenvalue weighted by molar-refractivity contribution is 5.91. The number of benzene rings is 8. The molecule has 0 spiro atoms. The van der Waals surface area contributed by atoms with Crippen LogP contribution in [-0.2, 0) is 21.7 Å². The molecule has 8 aromatic carbocycles. The second kappa shape index (κ2) is 17.6. The lowest BCUT2D eigenvalue weighted by Crippen LogP contribution is -2.13. The zero-order valence-electron chi connectivity index (χ0n) is 41.8. The maximum atomic E-state index is 12.4. The molecule has 8 aromatic rings. The first kappa shape index (κ1) is 47.5. The van der Waals surface area contributed by atoms with Gasteiger partial charge in [-0.05, 0) is 149 Å². The molecule has 0 aliphatic carbocycles. The van der Waals surface area contributed by atoms with E-state index in [0.717, 1.165) is 66.8 Å². The van der Waals surface area contributed by atoms with E-state index in [0.29, 0.717) is 33.4 Å². The van der Waals surface area contributed by atoms with Crippen molar-refractivity contribution in [2.75, 3.05) is 0 Å². The van der Waals surface area contributed by atoms with Crippen LogP contribution in [0, 0.1) is 0 Å². The van der Waals surface area contributed by atoms with E-state index in [2.05, 4.69) is 144 Å². The van der Waals surface area contributed by atoms with E-state index in [1.165, 1.54) is 0 Å². The predicted octanol–water partition coefficient (Wildman–Crippen LogP) is 17.4. The Kier molecular flexibility index (Phi) is 12.3. The molecule has 0 heterocycles. The fourth-order valence-corrected chi connectivity index (χ4v) is 9.28. The summed E-state index contributed by atoms with van der Waals surface area (Å²) in [7, 11) is 0. The van der Waals surface area contributed by atoms with Gasteiger partial charge in [-0.2, -0.15) is 0 Å². The Morgan fingerprint density at radius 1 is 0.250 bits per heavy atom. The molecular formula is C64H66O4. The fraction of sp³-hybridized carbons (Fsp3) is 0.250. The minimum absolute atomic E-state index is 0.0950. The Hall–Kier alpha value is -7.04. The summed E-state index contributed by atoms with van der Waals surface area (Å²) in [4.78, 5) is 0. The van der Waals surface area contributed by atoms with Crippen LogP contribution in [0.4, 0.5) is 0 Å². The summed E-state index contributed by atoms with van der Waals surface area (Å²) in [5.41, 5.74) is 14.3. The summed E-state index contributed by atoms with van der Waals surface area (Å²) in [5, 5.41) is 48.4. The Morgan fingerprint density at radius 2 is 0.559 bits per heavy atom. The maximum absolute atomic E-state index is 12.4. The zero-order chi connectivity index (χ0) is 49.1. The summed E-state index contributed by atoms with van der Waals surface area (Å²) in [5.74, 6) is 0.395. The largest absolute Gasteiger partial charge is 0.507 e. The third-order valence-electron chi connectivity index (χ3n) is 13.3. The molecule has 4 nitrogen and oxygen atoms in total. The molecule has 0 aliphatic heterocycles. The molecule has 68 heavy (non-hydrogen) atoms. The topological polar surface area (TPSA) is 80.9 Å². The SMILES string of the molecule is CC(C)(C)c1cc(-c2cccc(-c3cccc(-c4cc(C(C)(C)C)cc(-c5cc(C(C)(C)C)c(-c6ccccc6)cc5O)c4O)c3)c2)c(O)c(-c2cc(C(C)(C)C)c(-c3ccccc3)cc2O)c1. The van der Waals surface area contributed by atoms with Crippen molar-refractivity contribution in [1.82, 2.24) is 0 Å². The van der Waals surface area contributed by atoms with Crippen molar-refractivity contribution in [2.24, 2.45) is 0 Å². The molecule has 0 saturated heterocycles. The highest BCUT2D eigenvalue weighted by atomic mass is 16.3. The van der Waals surface area contributed by atoms with Crippen molar-refractivity contribution in [1.29, 1.82) is 0 Å². The number of aromatic hydroxyl groups is 4. The van der Waals surface area contributed by atoms with E-state index in [9.17, 15) is 20.4 Å². The number of hydrogen-bond acceptors (Lipinski definition) is 4. The van der Waals surface area contributed by atoms with E-state index in [1.807, 2.05) is 97.1 Å². The summed E-state index contributed by atoms with van der Waals surface area (Å²) < 4.78 is 0. The molecule has 8 rings (SSSR count). The van der Waals surface area contributed by atoms with Crippen LogP contribution in [0.5, 0.6) is 23.0 Å². The number of phenolic OH excluding ortho intramolecular Hbond substituents is 4. The van der Waals surface area contributed by atoms with Gasteiger partial charge in [0, 0.05) is 33.4 Å². The van der Waals surface area contributed by atoms with E-state index >= 15 is 0 Å². The van der Waals surface area contributed by atoms with Crippen LogP contribution in [0.1, 0.15) is 105 Å². The monoisotopic (exact) mass is 898 g/mol. The molecule has 0 radical (unpaired) electrons. The van der Waals surface area contributed by atoms with Gasteiger partial charge in [-0.15, -0.1) is 0 Å². The standard InChI is InChI=1S/C64H66O4/c1-61(2,3)45-31-49(59(67)53(33-45)51-35-55(63(7,8)9)47(37-57(51)65)39-21-15-13-16-22-39)43-27-19-25-41(29-43)42-26-20-28-44(30-42)50-32-46(62(4,5)6)34-54(60(50)68)52-36-56(64(10,11)12)48(38-58(52)66)40-23-17-14-18-24-40/h13-38,65-68H,1-12H3. The Labute approximate surface area is 404 Å². The quantitative estimate of drug-likeness (QED) is 0.128. The van der Waals surface area contributed by atoms with Crippen LogP contribution in [0.2, 0.25) is 0 Å². The lowest BCUT2D eigenvalue weighted by atomic mass is 9.78. The van der Waals surface area contributed by atoms with E-state index in [1.54, 1.807) is 0 Å². The molecular weight excluding hydrogens is 833 g/mol. The van der Waals surface area contributed by atoms with Crippen LogP contribution in [-0.4, -0.2) is 20.4 Å². The average Bonchev–Trinajstić information content (AvgIpc) is 3.28. The van der Waals surface area contributed by atoms with Gasteiger partial charge in [0.15, 0.2) is 0 Å². The molecule has 0 atom stereocenters. The van der Waals surface area contributed by atoms with E-state index in [4.69, 9.17) is 0 Å². The molecule has 0 fully saturated rings. The van der Waals surface area contributed by atoms with Gasteiger partial charge in [0.2, 0.25) is 0 Å². The zero-order valence-corrected chi connectivity index (χ0v) is 41.8. The van der Waals surface area contributed by atoms with Gasteiger partial charge in [0.1, 0.15) is 23.0 Å². The lowest BCUT2D eigenvalue weighted by molar-refractivity contribution is 0.469. The Morgan fingerprint density at radius 3 is 0.882 bits per heavy atom. The first-order chi connectivity index (χ1) is 31.9. The van der Waals surface area contributed by atoms with Crippen LogP contribution < -0.4 is 0 Å². The highest BCUT2D eigenvalue weighted by Gasteiger charge is 2.28. The van der Waals surface area contributed by atoms with Gasteiger partial charge in [-0.3, -0.25) is 0 Å². The maximum Gasteiger partial charge on any atom is 0.131 e. The number of rotatable bonds is 7. The van der Waals surface area contributed by atoms with E-state index in [-0.39, 0.29) is 44.7 Å². The minimum atomic E-state index is -0.271.